The van der Waals surface area contributed by atoms with Gasteiger partial charge in [-0.25, -0.2) is 0 Å². The molecule has 0 aliphatic carbocycles. The van der Waals surface area contributed by atoms with Crippen LogP contribution in [0.1, 0.15) is 33.2 Å². The molecule has 33 heavy (non-hydrogen) atoms. The lowest BCUT2D eigenvalue weighted by Gasteiger charge is -2.19. The van der Waals surface area contributed by atoms with Gasteiger partial charge >= 0.3 is 5.97 Å². The summed E-state index contributed by atoms with van der Waals surface area (Å²) in [7, 11) is 1.50. The van der Waals surface area contributed by atoms with E-state index < -0.39 is 30.4 Å². The number of methoxy groups -OCH3 is 1. The molecule has 1 atom stereocenters. The molecule has 170 valence electrons. The van der Waals surface area contributed by atoms with E-state index in [9.17, 15) is 14.4 Å². The van der Waals surface area contributed by atoms with Crippen LogP contribution in [-0.2, 0) is 14.3 Å². The van der Waals surface area contributed by atoms with Crippen molar-refractivity contribution in [2.24, 2.45) is 0 Å². The zero-order valence-corrected chi connectivity index (χ0v) is 18.8. The van der Waals surface area contributed by atoms with Gasteiger partial charge in [0.2, 0.25) is 6.10 Å². The van der Waals surface area contributed by atoms with Crippen LogP contribution in [0.4, 0.5) is 5.69 Å². The smallest absolute Gasteiger partial charge is 0.326 e. The van der Waals surface area contributed by atoms with Gasteiger partial charge in [-0.15, -0.1) is 0 Å². The molecular weight excluding hydrogens is 420 g/mol. The van der Waals surface area contributed by atoms with E-state index in [0.717, 1.165) is 11.1 Å². The maximum Gasteiger partial charge on any atom is 0.326 e. The van der Waals surface area contributed by atoms with Crippen molar-refractivity contribution in [1.82, 2.24) is 5.32 Å². The number of esters is 1. The molecule has 0 aliphatic rings. The summed E-state index contributed by atoms with van der Waals surface area (Å²) in [6.45, 7) is 3.41. The molecule has 2 N–H and O–H groups in total. The number of hydrogen-bond acceptors (Lipinski definition) is 5. The highest BCUT2D eigenvalue weighted by Gasteiger charge is 2.26. The number of rotatable bonds is 8. The second-order valence-corrected chi connectivity index (χ2v) is 7.50. The van der Waals surface area contributed by atoms with Gasteiger partial charge in [0, 0.05) is 16.8 Å². The molecule has 7 heteroatoms. The second-order valence-electron chi connectivity index (χ2n) is 7.50. The third-order valence-electron chi connectivity index (χ3n) is 4.97. The summed E-state index contributed by atoms with van der Waals surface area (Å²) in [6, 6.07) is 21.0. The Kier molecular flexibility index (Phi) is 7.81. The van der Waals surface area contributed by atoms with Crippen LogP contribution in [0, 0.1) is 13.8 Å². The van der Waals surface area contributed by atoms with Crippen molar-refractivity contribution in [1.29, 1.82) is 0 Å². The lowest BCUT2D eigenvalue weighted by Crippen LogP contribution is -2.33. The molecule has 0 bridgehead atoms. The highest BCUT2D eigenvalue weighted by molar-refractivity contribution is 5.98. The van der Waals surface area contributed by atoms with Gasteiger partial charge in [-0.3, -0.25) is 14.4 Å². The first-order chi connectivity index (χ1) is 15.9. The Morgan fingerprint density at radius 2 is 1.67 bits per heavy atom. The Morgan fingerprint density at radius 1 is 0.909 bits per heavy atom. The van der Waals surface area contributed by atoms with E-state index >= 15 is 0 Å². The molecule has 2 amide bonds. The van der Waals surface area contributed by atoms with E-state index in [1.54, 1.807) is 54.6 Å². The molecule has 7 nitrogen and oxygen atoms in total. The van der Waals surface area contributed by atoms with Crippen LogP contribution < -0.4 is 15.4 Å². The molecule has 3 aromatic rings. The van der Waals surface area contributed by atoms with E-state index in [4.69, 9.17) is 9.47 Å². The van der Waals surface area contributed by atoms with E-state index in [1.165, 1.54) is 7.11 Å². The molecule has 0 spiro atoms. The van der Waals surface area contributed by atoms with Gasteiger partial charge in [0.1, 0.15) is 12.3 Å². The summed E-state index contributed by atoms with van der Waals surface area (Å²) in [5.74, 6) is -1.15. The van der Waals surface area contributed by atoms with Gasteiger partial charge in [-0.2, -0.15) is 0 Å². The molecule has 0 heterocycles. The van der Waals surface area contributed by atoms with Crippen molar-refractivity contribution in [3.63, 3.8) is 0 Å². The molecule has 3 rings (SSSR count). The fraction of sp³-hybridized carbons (Fsp3) is 0.192. The molecular formula is C26H26N2O5. The largest absolute Gasteiger partial charge is 0.497 e. The average Bonchev–Trinajstić information content (AvgIpc) is 2.83. The molecule has 0 unspecified atom stereocenters. The number of aryl methyl sites for hydroxylation is 2. The van der Waals surface area contributed by atoms with Crippen LogP contribution >= 0.6 is 0 Å². The Bertz CT molecular complexity index is 1140. The van der Waals surface area contributed by atoms with Crippen LogP contribution in [0.2, 0.25) is 0 Å². The highest BCUT2D eigenvalue weighted by Crippen LogP contribution is 2.23. The van der Waals surface area contributed by atoms with Crippen molar-refractivity contribution >= 4 is 23.5 Å². The van der Waals surface area contributed by atoms with Crippen molar-refractivity contribution in [2.45, 2.75) is 20.0 Å². The maximum atomic E-state index is 13.1. The van der Waals surface area contributed by atoms with Gasteiger partial charge in [0.05, 0.1) is 7.11 Å². The highest BCUT2D eigenvalue weighted by atomic mass is 16.5. The third-order valence-corrected chi connectivity index (χ3v) is 4.97. The summed E-state index contributed by atoms with van der Waals surface area (Å²) >= 11 is 0. The molecule has 3 aromatic carbocycles. The molecule has 0 aromatic heterocycles. The normalized spacial score (nSPS) is 11.2. The third kappa shape index (κ3) is 6.43. The van der Waals surface area contributed by atoms with Crippen molar-refractivity contribution in [3.05, 3.63) is 95.1 Å². The van der Waals surface area contributed by atoms with E-state index in [1.807, 2.05) is 32.0 Å². The molecule has 0 fully saturated rings. The first-order valence-electron chi connectivity index (χ1n) is 10.4. The maximum absolute atomic E-state index is 13.1. The minimum atomic E-state index is -1.17. The van der Waals surface area contributed by atoms with Crippen LogP contribution in [0.5, 0.6) is 5.75 Å². The van der Waals surface area contributed by atoms with E-state index in [2.05, 4.69) is 10.6 Å². The zero-order chi connectivity index (χ0) is 23.8. The summed E-state index contributed by atoms with van der Waals surface area (Å²) < 4.78 is 10.6. The Labute approximate surface area is 192 Å². The van der Waals surface area contributed by atoms with Crippen molar-refractivity contribution < 1.29 is 23.9 Å². The van der Waals surface area contributed by atoms with Gasteiger partial charge in [0.15, 0.2) is 0 Å². The predicted molar refractivity (Wildman–Crippen MR) is 125 cm³/mol. The monoisotopic (exact) mass is 446 g/mol. The number of anilines is 1. The van der Waals surface area contributed by atoms with Crippen LogP contribution in [0.3, 0.4) is 0 Å². The zero-order valence-electron chi connectivity index (χ0n) is 18.8. The number of ether oxygens (including phenoxy) is 2. The standard InChI is InChI=1S/C26H26N2O5/c1-17-12-13-18(2)22(14-17)28-26(31)24(19-8-5-4-6-9-19)33-23(29)16-27-25(30)20-10-7-11-21(15-20)32-3/h4-15,24H,16H2,1-3H3,(H,27,30)(H,28,31)/t24-/m0/s1. The van der Waals surface area contributed by atoms with Crippen LogP contribution in [0.25, 0.3) is 0 Å². The quantitative estimate of drug-likeness (QED) is 0.511. The summed E-state index contributed by atoms with van der Waals surface area (Å²) in [4.78, 5) is 37.9. The minimum Gasteiger partial charge on any atom is -0.497 e. The Hall–Kier alpha value is -4.13. The number of amides is 2. The van der Waals surface area contributed by atoms with Crippen molar-refractivity contribution in [2.75, 3.05) is 19.0 Å². The number of hydrogen-bond donors (Lipinski definition) is 2. The minimum absolute atomic E-state index is 0.342. The molecule has 0 saturated heterocycles. The second kappa shape index (κ2) is 10.9. The molecule has 0 aliphatic heterocycles. The van der Waals surface area contributed by atoms with Gasteiger partial charge in [-0.05, 0) is 49.2 Å². The van der Waals surface area contributed by atoms with E-state index in [-0.39, 0.29) is 0 Å². The number of nitrogens with one attached hydrogen (secondary N) is 2. The predicted octanol–water partition coefficient (Wildman–Crippen LogP) is 3.97. The number of carbonyl (C=O) groups is 3. The van der Waals surface area contributed by atoms with Crippen LogP contribution in [0.15, 0.2) is 72.8 Å². The number of benzene rings is 3. The van der Waals surface area contributed by atoms with E-state index in [0.29, 0.717) is 22.6 Å². The van der Waals surface area contributed by atoms with Gasteiger partial charge in [0.25, 0.3) is 11.8 Å². The van der Waals surface area contributed by atoms with Gasteiger partial charge < -0.3 is 20.1 Å². The first-order valence-corrected chi connectivity index (χ1v) is 10.4. The fourth-order valence-electron chi connectivity index (χ4n) is 3.16. The summed E-state index contributed by atoms with van der Waals surface area (Å²) in [5.41, 5.74) is 3.38. The van der Waals surface area contributed by atoms with Gasteiger partial charge in [-0.1, -0.05) is 48.5 Å². The van der Waals surface area contributed by atoms with Crippen LogP contribution in [-0.4, -0.2) is 31.4 Å². The Morgan fingerprint density at radius 3 is 2.39 bits per heavy atom. The number of carbonyl (C=O) groups excluding carboxylic acids is 3. The van der Waals surface area contributed by atoms with Crippen molar-refractivity contribution in [3.8, 4) is 5.75 Å². The Balaban J connectivity index is 1.69. The fourth-order valence-corrected chi connectivity index (χ4v) is 3.16. The molecule has 0 radical (unpaired) electrons. The average molecular weight is 447 g/mol. The molecule has 0 saturated carbocycles. The lowest BCUT2D eigenvalue weighted by molar-refractivity contribution is -0.153. The SMILES string of the molecule is COc1cccc(C(=O)NCC(=O)O[C@H](C(=O)Nc2cc(C)ccc2C)c2ccccc2)c1. The summed E-state index contributed by atoms with van der Waals surface area (Å²) in [6.07, 6.45) is -1.17. The summed E-state index contributed by atoms with van der Waals surface area (Å²) in [5, 5.41) is 5.35. The lowest BCUT2D eigenvalue weighted by atomic mass is 10.1. The topological polar surface area (TPSA) is 93.7 Å². The first kappa shape index (κ1) is 23.5.